The zero-order valence-electron chi connectivity index (χ0n) is 25.8. The van der Waals surface area contributed by atoms with Crippen molar-refractivity contribution < 1.29 is 29.1 Å². The first-order chi connectivity index (χ1) is 20.2. The highest BCUT2D eigenvalue weighted by atomic mass is 16.3. The van der Waals surface area contributed by atoms with Gasteiger partial charge in [0.2, 0.25) is 29.5 Å². The molecule has 0 spiro atoms. The lowest BCUT2D eigenvalue weighted by molar-refractivity contribution is -0.132. The second-order valence-corrected chi connectivity index (χ2v) is 11.5. The van der Waals surface area contributed by atoms with E-state index in [1.807, 2.05) is 45.9 Å². The van der Waals surface area contributed by atoms with Crippen molar-refractivity contribution in [2.24, 2.45) is 17.6 Å². The average molecular weight is 596 g/mol. The number of nitrogens with one attached hydrogen (secondary N) is 4. The first-order valence-corrected chi connectivity index (χ1v) is 14.5. The maximum Gasteiger partial charge on any atom is 0.243 e. The third-order valence-electron chi connectivity index (χ3n) is 7.12. The molecule has 0 saturated carbocycles. The highest BCUT2D eigenvalue weighted by Crippen LogP contribution is 2.23. The summed E-state index contributed by atoms with van der Waals surface area (Å²) in [6.07, 6.45) is 0.933. The second-order valence-electron chi connectivity index (χ2n) is 11.5. The van der Waals surface area contributed by atoms with Gasteiger partial charge >= 0.3 is 0 Å². The topological polar surface area (TPSA) is 180 Å². The van der Waals surface area contributed by atoms with Crippen LogP contribution in [0.5, 0.6) is 5.75 Å². The summed E-state index contributed by atoms with van der Waals surface area (Å²) in [4.78, 5) is 63.3. The average Bonchev–Trinajstić information content (AvgIpc) is 2.92. The lowest BCUT2D eigenvalue weighted by Gasteiger charge is -2.23. The number of hydrogen-bond donors (Lipinski definition) is 6. The number of carbonyl (C=O) groups is 5. The predicted octanol–water partition coefficient (Wildman–Crippen LogP) is 1.55. The number of phenols is 1. The molecule has 11 nitrogen and oxygen atoms in total. The van der Waals surface area contributed by atoms with Crippen LogP contribution in [0.3, 0.4) is 0 Å². The Hall–Kier alpha value is -4.41. The van der Waals surface area contributed by atoms with Gasteiger partial charge in [-0.05, 0) is 73.9 Å². The number of aromatic hydroxyl groups is 1. The Morgan fingerprint density at radius 2 is 1.40 bits per heavy atom. The van der Waals surface area contributed by atoms with Gasteiger partial charge in [-0.2, -0.15) is 0 Å². The quantitative estimate of drug-likeness (QED) is 0.182. The molecular weight excluding hydrogens is 550 g/mol. The number of aryl methyl sites for hydroxylation is 2. The van der Waals surface area contributed by atoms with E-state index in [2.05, 4.69) is 21.3 Å². The Kier molecular flexibility index (Phi) is 13.2. The van der Waals surface area contributed by atoms with Crippen molar-refractivity contribution in [3.8, 4) is 5.75 Å². The zero-order valence-corrected chi connectivity index (χ0v) is 25.8. The number of carbonyl (C=O) groups excluding carboxylic acids is 5. The van der Waals surface area contributed by atoms with Crippen LogP contribution in [0.2, 0.25) is 0 Å². The summed E-state index contributed by atoms with van der Waals surface area (Å²) in [5.74, 6) is -2.93. The maximum atomic E-state index is 13.1. The molecule has 0 heterocycles. The summed E-state index contributed by atoms with van der Waals surface area (Å²) in [7, 11) is 0. The molecule has 0 radical (unpaired) electrons. The van der Waals surface area contributed by atoms with Gasteiger partial charge in [0, 0.05) is 12.3 Å². The van der Waals surface area contributed by atoms with Crippen molar-refractivity contribution in [3.05, 3.63) is 64.7 Å². The van der Waals surface area contributed by atoms with Crippen molar-refractivity contribution in [1.29, 1.82) is 0 Å². The molecule has 5 amide bonds. The Morgan fingerprint density at radius 3 is 1.95 bits per heavy atom. The van der Waals surface area contributed by atoms with E-state index < -0.39 is 54.2 Å². The molecule has 2 rings (SSSR count). The second kappa shape index (κ2) is 16.3. The van der Waals surface area contributed by atoms with E-state index in [1.165, 1.54) is 6.92 Å². The first-order valence-electron chi connectivity index (χ1n) is 14.5. The molecule has 2 aromatic rings. The number of primary amides is 1. The minimum absolute atomic E-state index is 0.0988. The van der Waals surface area contributed by atoms with Gasteiger partial charge in [-0.15, -0.1) is 0 Å². The zero-order chi connectivity index (χ0) is 32.3. The Labute approximate surface area is 253 Å². The van der Waals surface area contributed by atoms with Crippen LogP contribution in [-0.4, -0.2) is 59.3 Å². The third-order valence-corrected chi connectivity index (χ3v) is 7.12. The summed E-state index contributed by atoms with van der Waals surface area (Å²) < 4.78 is 0. The fourth-order valence-electron chi connectivity index (χ4n) is 4.73. The van der Waals surface area contributed by atoms with Crippen LogP contribution in [0.4, 0.5) is 0 Å². The summed E-state index contributed by atoms with van der Waals surface area (Å²) in [6, 6.07) is 9.51. The van der Waals surface area contributed by atoms with Crippen molar-refractivity contribution >= 4 is 29.5 Å². The largest absolute Gasteiger partial charge is 0.508 e. The molecule has 0 fully saturated rings. The molecule has 2 aromatic carbocycles. The SMILES string of the molecule is Cc1cc(O)cc(C)c1C[C@H](C)C(=O)N[C@@H](C)C(=O)NCC(=O)N[C@@H](Cc1ccccc1)C(=O)N[C@@H](CC(C)C)C(N)=O. The molecule has 43 heavy (non-hydrogen) atoms. The molecular formula is C32H45N5O6. The molecule has 0 aromatic heterocycles. The van der Waals surface area contributed by atoms with Gasteiger partial charge < -0.3 is 32.1 Å². The molecule has 0 aliphatic carbocycles. The highest BCUT2D eigenvalue weighted by molar-refractivity contribution is 5.94. The van der Waals surface area contributed by atoms with Gasteiger partial charge in [0.05, 0.1) is 6.54 Å². The van der Waals surface area contributed by atoms with E-state index >= 15 is 0 Å². The van der Waals surface area contributed by atoms with E-state index in [1.54, 1.807) is 31.2 Å². The normalized spacial score (nSPS) is 13.7. The third kappa shape index (κ3) is 11.4. The Balaban J connectivity index is 1.97. The fourth-order valence-corrected chi connectivity index (χ4v) is 4.73. The van der Waals surface area contributed by atoms with Gasteiger partial charge in [0.25, 0.3) is 0 Å². The van der Waals surface area contributed by atoms with Crippen molar-refractivity contribution in [1.82, 2.24) is 21.3 Å². The molecule has 4 atom stereocenters. The highest BCUT2D eigenvalue weighted by Gasteiger charge is 2.27. The molecule has 11 heteroatoms. The van der Waals surface area contributed by atoms with E-state index in [0.717, 1.165) is 22.3 Å². The van der Waals surface area contributed by atoms with Crippen LogP contribution in [0.1, 0.15) is 56.4 Å². The smallest absolute Gasteiger partial charge is 0.243 e. The van der Waals surface area contributed by atoms with Crippen LogP contribution in [0, 0.1) is 25.7 Å². The summed E-state index contributed by atoms with van der Waals surface area (Å²) in [5.41, 5.74) is 8.97. The minimum atomic E-state index is -1.02. The predicted molar refractivity (Wildman–Crippen MR) is 164 cm³/mol. The number of amides is 5. The van der Waals surface area contributed by atoms with Crippen LogP contribution < -0.4 is 27.0 Å². The first kappa shape index (κ1) is 34.8. The number of rotatable bonds is 15. The molecule has 0 bridgehead atoms. The molecule has 0 aliphatic rings. The summed E-state index contributed by atoms with van der Waals surface area (Å²) in [6.45, 7) is 10.4. The monoisotopic (exact) mass is 595 g/mol. The van der Waals surface area contributed by atoms with Gasteiger partial charge in [-0.3, -0.25) is 24.0 Å². The van der Waals surface area contributed by atoms with Crippen molar-refractivity contribution in [3.63, 3.8) is 0 Å². The van der Waals surface area contributed by atoms with Crippen LogP contribution in [0.15, 0.2) is 42.5 Å². The number of hydrogen-bond acceptors (Lipinski definition) is 6. The Bertz CT molecular complexity index is 1270. The van der Waals surface area contributed by atoms with E-state index in [0.29, 0.717) is 12.8 Å². The molecule has 7 N–H and O–H groups in total. The summed E-state index contributed by atoms with van der Waals surface area (Å²) in [5, 5.41) is 20.2. The molecule has 234 valence electrons. The number of nitrogens with two attached hydrogens (primary N) is 1. The summed E-state index contributed by atoms with van der Waals surface area (Å²) >= 11 is 0. The molecule has 0 unspecified atom stereocenters. The number of benzene rings is 2. The maximum absolute atomic E-state index is 13.1. The van der Waals surface area contributed by atoms with E-state index in [4.69, 9.17) is 5.73 Å². The lowest BCUT2D eigenvalue weighted by Crippen LogP contribution is -2.55. The fraction of sp³-hybridized carbons (Fsp3) is 0.469. The van der Waals surface area contributed by atoms with Crippen molar-refractivity contribution in [2.75, 3.05) is 6.54 Å². The van der Waals surface area contributed by atoms with Gasteiger partial charge in [-0.25, -0.2) is 0 Å². The van der Waals surface area contributed by atoms with Crippen LogP contribution in [0.25, 0.3) is 0 Å². The van der Waals surface area contributed by atoms with Crippen molar-refractivity contribution in [2.45, 2.75) is 78.9 Å². The number of phenolic OH excluding ortho intramolecular Hbond substituents is 1. The molecule has 0 aliphatic heterocycles. The standard InChI is InChI=1S/C32H45N5O6/c1-18(2)12-26(29(33)40)37-32(43)27(16-23-10-8-7-9-11-23)36-28(39)17-34-31(42)22(6)35-30(41)21(5)15-25-19(3)13-24(38)14-20(25)4/h7-11,13-14,18,21-22,26-27,38H,12,15-17H2,1-6H3,(H2,33,40)(H,34,42)(H,35,41)(H,36,39)(H,37,43)/t21-,22-,26-,27-/m0/s1. The Morgan fingerprint density at radius 1 is 0.791 bits per heavy atom. The molecule has 0 saturated heterocycles. The minimum Gasteiger partial charge on any atom is -0.508 e. The van der Waals surface area contributed by atoms with E-state index in [-0.39, 0.29) is 24.0 Å². The lowest BCUT2D eigenvalue weighted by atomic mass is 9.92. The van der Waals surface area contributed by atoms with Gasteiger partial charge in [0.1, 0.15) is 23.9 Å². The van der Waals surface area contributed by atoms with Crippen LogP contribution in [-0.2, 0) is 36.8 Å². The van der Waals surface area contributed by atoms with Gasteiger partial charge in [-0.1, -0.05) is 51.1 Å². The van der Waals surface area contributed by atoms with Gasteiger partial charge in [0.15, 0.2) is 0 Å². The van der Waals surface area contributed by atoms with E-state index in [9.17, 15) is 29.1 Å². The van der Waals surface area contributed by atoms with Crippen LogP contribution >= 0.6 is 0 Å².